The summed E-state index contributed by atoms with van der Waals surface area (Å²) in [4.78, 5) is 25.0. The first kappa shape index (κ1) is 10.4. The van der Waals surface area contributed by atoms with Gasteiger partial charge in [-0.3, -0.25) is 9.59 Å². The van der Waals surface area contributed by atoms with Crippen molar-refractivity contribution in [3.05, 3.63) is 36.0 Å². The summed E-state index contributed by atoms with van der Waals surface area (Å²) in [7, 11) is 0. The first-order valence-corrected chi connectivity index (χ1v) is 4.99. The fourth-order valence-corrected chi connectivity index (χ4v) is 1.59. The largest absolute Gasteiger partial charge is 0.481 e. The van der Waals surface area contributed by atoms with Crippen LogP contribution in [0.15, 0.2) is 30.5 Å². The molecule has 0 aliphatic carbocycles. The van der Waals surface area contributed by atoms with Crippen LogP contribution < -0.4 is 0 Å². The molecule has 82 valence electrons. The van der Waals surface area contributed by atoms with E-state index in [-0.39, 0.29) is 18.6 Å². The van der Waals surface area contributed by atoms with Crippen LogP contribution in [0.5, 0.6) is 0 Å². The van der Waals surface area contributed by atoms with Crippen LogP contribution in [0.3, 0.4) is 0 Å². The van der Waals surface area contributed by atoms with E-state index in [9.17, 15) is 9.59 Å². The lowest BCUT2D eigenvalue weighted by Crippen LogP contribution is -2.03. The minimum Gasteiger partial charge on any atom is -0.481 e. The molecule has 16 heavy (non-hydrogen) atoms. The zero-order valence-corrected chi connectivity index (χ0v) is 8.56. The molecule has 0 spiro atoms. The highest BCUT2D eigenvalue weighted by atomic mass is 16.4. The number of carboxylic acids is 1. The third-order valence-corrected chi connectivity index (χ3v) is 2.44. The van der Waals surface area contributed by atoms with Crippen LogP contribution in [0.1, 0.15) is 23.2 Å². The van der Waals surface area contributed by atoms with E-state index < -0.39 is 5.97 Å². The predicted molar refractivity (Wildman–Crippen MR) is 59.5 cm³/mol. The third kappa shape index (κ3) is 2.11. The van der Waals surface area contributed by atoms with Crippen molar-refractivity contribution in [3.8, 4) is 0 Å². The number of rotatable bonds is 4. The average molecular weight is 217 g/mol. The molecule has 1 aromatic heterocycles. The van der Waals surface area contributed by atoms with Gasteiger partial charge < -0.3 is 10.1 Å². The molecule has 2 N–H and O–H groups in total. The second-order valence-corrected chi connectivity index (χ2v) is 3.60. The van der Waals surface area contributed by atoms with E-state index in [1.807, 2.05) is 12.1 Å². The molecule has 0 aliphatic rings. The zero-order chi connectivity index (χ0) is 11.5. The quantitative estimate of drug-likeness (QED) is 0.771. The topological polar surface area (TPSA) is 70.2 Å². The first-order chi connectivity index (χ1) is 7.66. The Hall–Kier alpha value is -2.10. The summed E-state index contributed by atoms with van der Waals surface area (Å²) in [6.07, 6.45) is 1.72. The van der Waals surface area contributed by atoms with Crippen molar-refractivity contribution in [2.45, 2.75) is 12.8 Å². The number of nitrogens with one attached hydrogen (secondary N) is 1. The van der Waals surface area contributed by atoms with E-state index in [0.29, 0.717) is 5.56 Å². The van der Waals surface area contributed by atoms with Gasteiger partial charge in [-0.05, 0) is 17.5 Å². The fourth-order valence-electron chi connectivity index (χ4n) is 1.59. The van der Waals surface area contributed by atoms with Gasteiger partial charge in [0.1, 0.15) is 0 Å². The number of fused-ring (bicyclic) bond motifs is 1. The van der Waals surface area contributed by atoms with Gasteiger partial charge in [0.05, 0.1) is 6.42 Å². The van der Waals surface area contributed by atoms with Gasteiger partial charge in [-0.15, -0.1) is 0 Å². The summed E-state index contributed by atoms with van der Waals surface area (Å²) in [5, 5.41) is 9.53. The lowest BCUT2D eigenvalue weighted by atomic mass is 10.1. The number of aliphatic carboxylic acids is 1. The number of carboxylic acid groups (broad SMARTS) is 1. The van der Waals surface area contributed by atoms with E-state index in [1.54, 1.807) is 18.3 Å². The second-order valence-electron chi connectivity index (χ2n) is 3.60. The molecule has 0 atom stereocenters. The monoisotopic (exact) mass is 217 g/mol. The van der Waals surface area contributed by atoms with Crippen LogP contribution >= 0.6 is 0 Å². The van der Waals surface area contributed by atoms with Crippen molar-refractivity contribution in [1.82, 2.24) is 4.98 Å². The molecular formula is C12H11NO3. The van der Waals surface area contributed by atoms with Gasteiger partial charge in [-0.2, -0.15) is 0 Å². The third-order valence-electron chi connectivity index (χ3n) is 2.44. The lowest BCUT2D eigenvalue weighted by Gasteiger charge is -1.99. The van der Waals surface area contributed by atoms with Gasteiger partial charge in [0.15, 0.2) is 5.78 Å². The molecule has 2 rings (SSSR count). The molecule has 4 heteroatoms. The first-order valence-electron chi connectivity index (χ1n) is 4.99. The molecule has 2 aromatic rings. The molecular weight excluding hydrogens is 206 g/mol. The van der Waals surface area contributed by atoms with Crippen LogP contribution in [-0.4, -0.2) is 21.8 Å². The lowest BCUT2D eigenvalue weighted by molar-refractivity contribution is -0.136. The van der Waals surface area contributed by atoms with Gasteiger partial charge in [-0.25, -0.2) is 0 Å². The van der Waals surface area contributed by atoms with E-state index >= 15 is 0 Å². The Labute approximate surface area is 91.9 Å². The van der Waals surface area contributed by atoms with Crippen LogP contribution in [0.4, 0.5) is 0 Å². The maximum Gasteiger partial charge on any atom is 0.303 e. The van der Waals surface area contributed by atoms with Crippen molar-refractivity contribution < 1.29 is 14.7 Å². The molecule has 0 amide bonds. The second kappa shape index (κ2) is 4.18. The molecule has 0 aliphatic heterocycles. The summed E-state index contributed by atoms with van der Waals surface area (Å²) < 4.78 is 0. The molecule has 0 radical (unpaired) electrons. The highest BCUT2D eigenvalue weighted by Crippen LogP contribution is 2.15. The van der Waals surface area contributed by atoms with Crippen molar-refractivity contribution in [1.29, 1.82) is 0 Å². The van der Waals surface area contributed by atoms with Crippen LogP contribution in [0.2, 0.25) is 0 Å². The fraction of sp³-hybridized carbons (Fsp3) is 0.167. The number of aromatic amines is 1. The zero-order valence-electron chi connectivity index (χ0n) is 8.56. The summed E-state index contributed by atoms with van der Waals surface area (Å²) in [5.74, 6) is -1.09. The Morgan fingerprint density at radius 3 is 2.75 bits per heavy atom. The number of hydrogen-bond donors (Lipinski definition) is 2. The molecule has 0 saturated carbocycles. The molecule has 1 aromatic carbocycles. The molecule has 0 fully saturated rings. The van der Waals surface area contributed by atoms with Crippen molar-refractivity contribution >= 4 is 22.7 Å². The number of Topliss-reactive ketones (excluding diaryl/α,β-unsaturated/α-hetero) is 1. The number of hydrogen-bond acceptors (Lipinski definition) is 2. The Bertz CT molecular complexity index is 542. The number of benzene rings is 1. The average Bonchev–Trinajstić information content (AvgIpc) is 2.72. The van der Waals surface area contributed by atoms with Gasteiger partial charge in [-0.1, -0.05) is 12.1 Å². The summed E-state index contributed by atoms with van der Waals surface area (Å²) in [5.41, 5.74) is 1.44. The van der Waals surface area contributed by atoms with E-state index in [1.165, 1.54) is 0 Å². The number of ketones is 1. The Balaban J connectivity index is 2.19. The van der Waals surface area contributed by atoms with E-state index in [0.717, 1.165) is 10.9 Å². The molecule has 0 saturated heterocycles. The number of aromatic nitrogens is 1. The summed E-state index contributed by atoms with van der Waals surface area (Å²) >= 11 is 0. The van der Waals surface area contributed by atoms with E-state index in [4.69, 9.17) is 5.11 Å². The molecule has 0 unspecified atom stereocenters. The van der Waals surface area contributed by atoms with Crippen molar-refractivity contribution in [3.63, 3.8) is 0 Å². The smallest absolute Gasteiger partial charge is 0.303 e. The summed E-state index contributed by atoms with van der Waals surface area (Å²) in [6, 6.07) is 7.24. The van der Waals surface area contributed by atoms with Crippen LogP contribution in [0, 0.1) is 0 Å². The maximum absolute atomic E-state index is 11.6. The van der Waals surface area contributed by atoms with Crippen molar-refractivity contribution in [2.75, 3.05) is 0 Å². The SMILES string of the molecule is O=C(O)CCC(=O)c1ccc2cc[nH]c2c1. The van der Waals surface area contributed by atoms with E-state index in [2.05, 4.69) is 4.98 Å². The minimum absolute atomic E-state index is 0.0432. The highest BCUT2D eigenvalue weighted by Gasteiger charge is 2.09. The highest BCUT2D eigenvalue weighted by molar-refractivity contribution is 6.00. The molecule has 1 heterocycles. The standard InChI is InChI=1S/C12H11NO3/c14-11(3-4-12(15)16)9-2-1-8-5-6-13-10(8)7-9/h1-2,5-7,13H,3-4H2,(H,15,16). The van der Waals surface area contributed by atoms with Crippen molar-refractivity contribution in [2.24, 2.45) is 0 Å². The Kier molecular flexibility index (Phi) is 2.72. The predicted octanol–water partition coefficient (Wildman–Crippen LogP) is 2.22. The van der Waals surface area contributed by atoms with Crippen LogP contribution in [0.25, 0.3) is 10.9 Å². The summed E-state index contributed by atoms with van der Waals surface area (Å²) in [6.45, 7) is 0. The Morgan fingerprint density at radius 1 is 1.19 bits per heavy atom. The number of carbonyl (C=O) groups excluding carboxylic acids is 1. The normalized spacial score (nSPS) is 10.5. The minimum atomic E-state index is -0.950. The number of carbonyl (C=O) groups is 2. The van der Waals surface area contributed by atoms with Gasteiger partial charge in [0, 0.05) is 23.7 Å². The van der Waals surface area contributed by atoms with Gasteiger partial charge >= 0.3 is 5.97 Å². The molecule has 4 nitrogen and oxygen atoms in total. The van der Waals surface area contributed by atoms with Gasteiger partial charge in [0.25, 0.3) is 0 Å². The Morgan fingerprint density at radius 2 is 2.00 bits per heavy atom. The van der Waals surface area contributed by atoms with Gasteiger partial charge in [0.2, 0.25) is 0 Å². The van der Waals surface area contributed by atoms with Crippen LogP contribution in [-0.2, 0) is 4.79 Å². The maximum atomic E-state index is 11.6. The molecule has 0 bridgehead atoms. The number of H-pyrrole nitrogens is 1.